The quantitative estimate of drug-likeness (QED) is 0.646. The highest BCUT2D eigenvalue weighted by atomic mass is 19.1. The standard InChI is InChI=1S/C21H20FN3O/c1-21(2)11-15-18(16(26)12-21)20(24-14-6-4-3-5-7-14)19(25-15)13-8-9-23-17(22)10-13/h3-10,24-25H,11-12H2,1-2H3. The molecular formula is C21H20FN3O. The molecule has 0 fully saturated rings. The van der Waals surface area contributed by atoms with Gasteiger partial charge in [-0.1, -0.05) is 32.0 Å². The third-order valence-corrected chi connectivity index (χ3v) is 4.71. The van der Waals surface area contributed by atoms with Gasteiger partial charge in [-0.25, -0.2) is 4.98 Å². The van der Waals surface area contributed by atoms with E-state index in [1.165, 1.54) is 12.3 Å². The maximum Gasteiger partial charge on any atom is 0.213 e. The predicted molar refractivity (Wildman–Crippen MR) is 100 cm³/mol. The van der Waals surface area contributed by atoms with Crippen LogP contribution in [0.5, 0.6) is 0 Å². The van der Waals surface area contributed by atoms with E-state index >= 15 is 0 Å². The molecule has 0 radical (unpaired) electrons. The lowest BCUT2D eigenvalue weighted by molar-refractivity contribution is 0.0912. The minimum Gasteiger partial charge on any atom is -0.356 e. The average molecular weight is 349 g/mol. The molecule has 4 nitrogen and oxygen atoms in total. The van der Waals surface area contributed by atoms with Gasteiger partial charge in [0.05, 0.1) is 16.9 Å². The molecule has 0 bridgehead atoms. The molecule has 132 valence electrons. The fraction of sp³-hybridized carbons (Fsp3) is 0.238. The number of anilines is 2. The van der Waals surface area contributed by atoms with E-state index in [2.05, 4.69) is 29.1 Å². The Morgan fingerprint density at radius 3 is 2.65 bits per heavy atom. The van der Waals surface area contributed by atoms with Gasteiger partial charge in [-0.05, 0) is 30.0 Å². The second kappa shape index (κ2) is 6.09. The molecule has 0 saturated heterocycles. The lowest BCUT2D eigenvalue weighted by atomic mass is 9.76. The van der Waals surface area contributed by atoms with E-state index in [1.54, 1.807) is 6.07 Å². The minimum absolute atomic E-state index is 0.0975. The van der Waals surface area contributed by atoms with Crippen LogP contribution in [-0.2, 0) is 6.42 Å². The molecule has 2 N–H and O–H groups in total. The van der Waals surface area contributed by atoms with E-state index in [9.17, 15) is 9.18 Å². The van der Waals surface area contributed by atoms with Gasteiger partial charge in [0.2, 0.25) is 5.95 Å². The number of halogens is 1. The highest BCUT2D eigenvalue weighted by Crippen LogP contribution is 2.43. The fourth-order valence-electron chi connectivity index (χ4n) is 3.62. The van der Waals surface area contributed by atoms with Gasteiger partial charge in [0.15, 0.2) is 5.78 Å². The zero-order valence-electron chi connectivity index (χ0n) is 14.8. The molecular weight excluding hydrogens is 329 g/mol. The van der Waals surface area contributed by atoms with Crippen molar-refractivity contribution >= 4 is 17.2 Å². The summed E-state index contributed by atoms with van der Waals surface area (Å²) >= 11 is 0. The summed E-state index contributed by atoms with van der Waals surface area (Å²) in [5, 5.41) is 3.36. The SMILES string of the molecule is CC1(C)CC(=O)c2c([nH]c(-c3ccnc(F)c3)c2Nc2ccccc2)C1. The lowest BCUT2D eigenvalue weighted by Crippen LogP contribution is -2.26. The van der Waals surface area contributed by atoms with Crippen LogP contribution in [0.15, 0.2) is 48.7 Å². The van der Waals surface area contributed by atoms with Crippen molar-refractivity contribution in [3.05, 3.63) is 65.9 Å². The van der Waals surface area contributed by atoms with Crippen molar-refractivity contribution in [2.75, 3.05) is 5.32 Å². The van der Waals surface area contributed by atoms with Crippen molar-refractivity contribution in [3.63, 3.8) is 0 Å². The molecule has 0 atom stereocenters. The first-order valence-corrected chi connectivity index (χ1v) is 8.65. The molecule has 0 aliphatic heterocycles. The largest absolute Gasteiger partial charge is 0.356 e. The van der Waals surface area contributed by atoms with Crippen LogP contribution in [-0.4, -0.2) is 15.8 Å². The number of fused-ring (bicyclic) bond motifs is 1. The van der Waals surface area contributed by atoms with Crippen molar-refractivity contribution < 1.29 is 9.18 Å². The van der Waals surface area contributed by atoms with Crippen molar-refractivity contribution in [2.45, 2.75) is 26.7 Å². The van der Waals surface area contributed by atoms with Crippen LogP contribution >= 0.6 is 0 Å². The van der Waals surface area contributed by atoms with Crippen molar-refractivity contribution in [2.24, 2.45) is 5.41 Å². The summed E-state index contributed by atoms with van der Waals surface area (Å²) < 4.78 is 13.7. The Hall–Kier alpha value is -2.95. The Morgan fingerprint density at radius 2 is 1.92 bits per heavy atom. The Balaban J connectivity index is 1.89. The van der Waals surface area contributed by atoms with E-state index in [0.717, 1.165) is 17.8 Å². The molecule has 3 aromatic rings. The van der Waals surface area contributed by atoms with Crippen LogP contribution in [0.25, 0.3) is 11.3 Å². The monoisotopic (exact) mass is 349 g/mol. The number of nitrogens with one attached hydrogen (secondary N) is 2. The summed E-state index contributed by atoms with van der Waals surface area (Å²) in [6, 6.07) is 12.8. The summed E-state index contributed by atoms with van der Waals surface area (Å²) in [5.41, 5.74) is 4.44. The van der Waals surface area contributed by atoms with E-state index in [-0.39, 0.29) is 11.2 Å². The topological polar surface area (TPSA) is 57.8 Å². The smallest absolute Gasteiger partial charge is 0.213 e. The zero-order chi connectivity index (χ0) is 18.3. The molecule has 1 aromatic carbocycles. The number of aromatic nitrogens is 2. The summed E-state index contributed by atoms with van der Waals surface area (Å²) in [5.74, 6) is -0.445. The number of ketones is 1. The number of hydrogen-bond donors (Lipinski definition) is 2. The van der Waals surface area contributed by atoms with Crippen LogP contribution in [0.4, 0.5) is 15.8 Å². The van der Waals surface area contributed by atoms with Gasteiger partial charge in [-0.3, -0.25) is 4.79 Å². The zero-order valence-corrected chi connectivity index (χ0v) is 14.8. The molecule has 2 aromatic heterocycles. The van der Waals surface area contributed by atoms with Crippen LogP contribution in [0.1, 0.15) is 36.3 Å². The Bertz CT molecular complexity index is 976. The number of nitrogens with zero attached hydrogens (tertiary/aromatic N) is 1. The van der Waals surface area contributed by atoms with Gasteiger partial charge in [-0.15, -0.1) is 0 Å². The molecule has 1 aliphatic carbocycles. The number of benzene rings is 1. The molecule has 0 amide bonds. The third kappa shape index (κ3) is 3.01. The molecule has 0 spiro atoms. The molecule has 0 unspecified atom stereocenters. The first kappa shape index (κ1) is 16.5. The van der Waals surface area contributed by atoms with Crippen molar-refractivity contribution in [3.8, 4) is 11.3 Å². The van der Waals surface area contributed by atoms with Gasteiger partial charge in [0, 0.05) is 35.6 Å². The number of Topliss-reactive ketones (excluding diaryl/α,β-unsaturated/α-hetero) is 1. The third-order valence-electron chi connectivity index (χ3n) is 4.71. The van der Waals surface area contributed by atoms with E-state index in [1.807, 2.05) is 30.3 Å². The number of hydrogen-bond acceptors (Lipinski definition) is 3. The highest BCUT2D eigenvalue weighted by Gasteiger charge is 2.35. The molecule has 5 heteroatoms. The van der Waals surface area contributed by atoms with Crippen molar-refractivity contribution in [1.82, 2.24) is 9.97 Å². The van der Waals surface area contributed by atoms with Gasteiger partial charge < -0.3 is 10.3 Å². The van der Waals surface area contributed by atoms with E-state index < -0.39 is 5.95 Å². The Morgan fingerprint density at radius 1 is 1.15 bits per heavy atom. The Labute approximate surface area is 151 Å². The van der Waals surface area contributed by atoms with Crippen LogP contribution in [0, 0.1) is 11.4 Å². The minimum atomic E-state index is -0.549. The molecule has 4 rings (SSSR count). The van der Waals surface area contributed by atoms with Gasteiger partial charge in [0.25, 0.3) is 0 Å². The number of para-hydroxylation sites is 1. The lowest BCUT2D eigenvalue weighted by Gasteiger charge is -2.28. The van der Waals surface area contributed by atoms with Crippen LogP contribution in [0.2, 0.25) is 0 Å². The average Bonchev–Trinajstić information content (AvgIpc) is 2.93. The first-order chi connectivity index (χ1) is 12.4. The van der Waals surface area contributed by atoms with Gasteiger partial charge in [0.1, 0.15) is 0 Å². The van der Waals surface area contributed by atoms with E-state index in [4.69, 9.17) is 0 Å². The van der Waals surface area contributed by atoms with E-state index in [0.29, 0.717) is 28.9 Å². The first-order valence-electron chi connectivity index (χ1n) is 8.65. The molecule has 1 aliphatic rings. The highest BCUT2D eigenvalue weighted by molar-refractivity contribution is 6.07. The second-order valence-corrected chi connectivity index (χ2v) is 7.53. The fourth-order valence-corrected chi connectivity index (χ4v) is 3.62. The summed E-state index contributed by atoms with van der Waals surface area (Å²) in [6.07, 6.45) is 2.69. The predicted octanol–water partition coefficient (Wildman–Crippen LogP) is 5.11. The Kier molecular flexibility index (Phi) is 3.87. The molecule has 0 saturated carbocycles. The summed E-state index contributed by atoms with van der Waals surface area (Å²) in [7, 11) is 0. The number of aromatic amines is 1. The number of pyridine rings is 1. The summed E-state index contributed by atoms with van der Waals surface area (Å²) in [4.78, 5) is 19.9. The van der Waals surface area contributed by atoms with Crippen molar-refractivity contribution in [1.29, 1.82) is 0 Å². The van der Waals surface area contributed by atoms with Crippen LogP contribution < -0.4 is 5.32 Å². The van der Waals surface area contributed by atoms with Crippen LogP contribution in [0.3, 0.4) is 0 Å². The number of H-pyrrole nitrogens is 1. The molecule has 26 heavy (non-hydrogen) atoms. The number of rotatable bonds is 3. The summed E-state index contributed by atoms with van der Waals surface area (Å²) in [6.45, 7) is 4.18. The van der Waals surface area contributed by atoms with Gasteiger partial charge in [-0.2, -0.15) is 4.39 Å². The number of carbonyl (C=O) groups is 1. The maximum absolute atomic E-state index is 13.7. The maximum atomic E-state index is 13.7. The molecule has 2 heterocycles. The second-order valence-electron chi connectivity index (χ2n) is 7.53. The van der Waals surface area contributed by atoms with Gasteiger partial charge >= 0.3 is 0 Å². The number of carbonyl (C=O) groups excluding carboxylic acids is 1. The normalized spacial score (nSPS) is 15.6.